The summed E-state index contributed by atoms with van der Waals surface area (Å²) >= 11 is 0. The number of hydrogen-bond acceptors (Lipinski definition) is 3. The maximum atomic E-state index is 12.6. The van der Waals surface area contributed by atoms with Crippen LogP contribution in [-0.2, 0) is 4.79 Å². The summed E-state index contributed by atoms with van der Waals surface area (Å²) in [4.78, 5) is 17.1. The van der Waals surface area contributed by atoms with Crippen molar-refractivity contribution in [3.8, 4) is 0 Å². The molecule has 118 valence electrons. The lowest BCUT2D eigenvalue weighted by atomic mass is 9.99. The van der Waals surface area contributed by atoms with Crippen LogP contribution in [0.3, 0.4) is 0 Å². The minimum atomic E-state index is -0.352. The predicted octanol–water partition coefficient (Wildman–Crippen LogP) is 2.45. The maximum Gasteiger partial charge on any atom is 0.243 e. The molecule has 0 bridgehead atoms. The van der Waals surface area contributed by atoms with Crippen LogP contribution in [0, 0.1) is 0 Å². The molecule has 20 heavy (non-hydrogen) atoms. The van der Waals surface area contributed by atoms with E-state index in [9.17, 15) is 4.79 Å². The number of hydrogen-bond donors (Lipinski definition) is 1. The molecule has 1 aliphatic rings. The number of amides is 1. The SMILES string of the molecule is CCCC1NC(C)(CC)C(=O)N1CCCN(CC)CC. The molecule has 0 saturated carbocycles. The summed E-state index contributed by atoms with van der Waals surface area (Å²) in [7, 11) is 0. The minimum absolute atomic E-state index is 0.231. The molecule has 1 fully saturated rings. The van der Waals surface area contributed by atoms with Crippen molar-refractivity contribution >= 4 is 5.91 Å². The van der Waals surface area contributed by atoms with Gasteiger partial charge < -0.3 is 9.80 Å². The van der Waals surface area contributed by atoms with Crippen molar-refractivity contribution in [3.63, 3.8) is 0 Å². The molecule has 0 aromatic heterocycles. The number of carbonyl (C=O) groups is 1. The minimum Gasteiger partial charge on any atom is -0.326 e. The Hall–Kier alpha value is -0.610. The first kappa shape index (κ1) is 17.4. The van der Waals surface area contributed by atoms with E-state index >= 15 is 0 Å². The summed E-state index contributed by atoms with van der Waals surface area (Å²) in [5.41, 5.74) is -0.352. The van der Waals surface area contributed by atoms with E-state index in [-0.39, 0.29) is 17.6 Å². The molecule has 0 spiro atoms. The Morgan fingerprint density at radius 2 is 1.90 bits per heavy atom. The molecule has 1 saturated heterocycles. The molecule has 1 N–H and O–H groups in total. The molecule has 2 unspecified atom stereocenters. The Morgan fingerprint density at radius 3 is 2.40 bits per heavy atom. The van der Waals surface area contributed by atoms with Gasteiger partial charge in [0.2, 0.25) is 5.91 Å². The van der Waals surface area contributed by atoms with Crippen LogP contribution in [0.2, 0.25) is 0 Å². The highest BCUT2D eigenvalue weighted by Crippen LogP contribution is 2.25. The smallest absolute Gasteiger partial charge is 0.243 e. The van der Waals surface area contributed by atoms with E-state index in [1.54, 1.807) is 0 Å². The summed E-state index contributed by atoms with van der Waals surface area (Å²) < 4.78 is 0. The van der Waals surface area contributed by atoms with E-state index in [4.69, 9.17) is 0 Å². The van der Waals surface area contributed by atoms with E-state index in [0.717, 1.165) is 51.9 Å². The largest absolute Gasteiger partial charge is 0.326 e. The Bertz CT molecular complexity index is 304. The molecule has 2 atom stereocenters. The van der Waals surface area contributed by atoms with Crippen LogP contribution >= 0.6 is 0 Å². The van der Waals surface area contributed by atoms with Crippen LogP contribution < -0.4 is 5.32 Å². The second-order valence-corrected chi connectivity index (χ2v) is 6.01. The van der Waals surface area contributed by atoms with Gasteiger partial charge in [-0.05, 0) is 45.8 Å². The van der Waals surface area contributed by atoms with Gasteiger partial charge in [0, 0.05) is 6.54 Å². The molecule has 1 aliphatic heterocycles. The quantitative estimate of drug-likeness (QED) is 0.706. The van der Waals surface area contributed by atoms with Crippen molar-refractivity contribution in [3.05, 3.63) is 0 Å². The van der Waals surface area contributed by atoms with Gasteiger partial charge in [0.25, 0.3) is 0 Å². The fraction of sp³-hybridized carbons (Fsp3) is 0.938. The summed E-state index contributed by atoms with van der Waals surface area (Å²) in [6.45, 7) is 14.8. The van der Waals surface area contributed by atoms with Crippen molar-refractivity contribution in [2.45, 2.75) is 72.0 Å². The van der Waals surface area contributed by atoms with Crippen LogP contribution in [-0.4, -0.2) is 53.6 Å². The average Bonchev–Trinajstić information content (AvgIpc) is 2.69. The summed E-state index contributed by atoms with van der Waals surface area (Å²) in [5.74, 6) is 0.290. The van der Waals surface area contributed by atoms with Gasteiger partial charge in [0.1, 0.15) is 0 Å². The van der Waals surface area contributed by atoms with Crippen molar-refractivity contribution in [1.29, 1.82) is 0 Å². The number of carbonyl (C=O) groups excluding carboxylic acids is 1. The molecular formula is C16H33N3O. The summed E-state index contributed by atoms with van der Waals surface area (Å²) in [6, 6.07) is 0. The van der Waals surface area contributed by atoms with Crippen LogP contribution in [0.1, 0.15) is 60.3 Å². The van der Waals surface area contributed by atoms with E-state index in [0.29, 0.717) is 0 Å². The highest BCUT2D eigenvalue weighted by Gasteiger charge is 2.45. The first-order chi connectivity index (χ1) is 9.52. The van der Waals surface area contributed by atoms with Crippen molar-refractivity contribution < 1.29 is 4.79 Å². The zero-order valence-corrected chi connectivity index (χ0v) is 14.0. The van der Waals surface area contributed by atoms with E-state index < -0.39 is 0 Å². The Morgan fingerprint density at radius 1 is 1.25 bits per heavy atom. The van der Waals surface area contributed by atoms with Gasteiger partial charge in [-0.15, -0.1) is 0 Å². The monoisotopic (exact) mass is 283 g/mol. The second-order valence-electron chi connectivity index (χ2n) is 6.01. The second kappa shape index (κ2) is 7.99. The lowest BCUT2D eigenvalue weighted by molar-refractivity contribution is -0.133. The molecule has 0 aliphatic carbocycles. The van der Waals surface area contributed by atoms with Crippen LogP contribution in [0.15, 0.2) is 0 Å². The third kappa shape index (κ3) is 3.95. The lowest BCUT2D eigenvalue weighted by Crippen LogP contribution is -2.43. The zero-order valence-electron chi connectivity index (χ0n) is 14.0. The molecule has 4 heteroatoms. The maximum absolute atomic E-state index is 12.6. The summed E-state index contributed by atoms with van der Waals surface area (Å²) in [5, 5.41) is 3.55. The zero-order chi connectivity index (χ0) is 15.2. The highest BCUT2D eigenvalue weighted by molar-refractivity contribution is 5.88. The Balaban J connectivity index is 2.58. The standard InChI is InChI=1S/C16H33N3O/c1-6-11-14-17-16(5,7-2)15(20)19(14)13-10-12-18(8-3)9-4/h14,17H,6-13H2,1-5H3. The highest BCUT2D eigenvalue weighted by atomic mass is 16.2. The first-order valence-corrected chi connectivity index (χ1v) is 8.33. The molecule has 1 heterocycles. The Kier molecular flexibility index (Phi) is 6.96. The lowest BCUT2D eigenvalue weighted by Gasteiger charge is -2.25. The number of nitrogens with one attached hydrogen (secondary N) is 1. The van der Waals surface area contributed by atoms with Crippen LogP contribution in [0.4, 0.5) is 0 Å². The van der Waals surface area contributed by atoms with Gasteiger partial charge in [-0.25, -0.2) is 0 Å². The molecule has 4 nitrogen and oxygen atoms in total. The molecule has 0 aromatic carbocycles. The van der Waals surface area contributed by atoms with Crippen LogP contribution in [0.25, 0.3) is 0 Å². The molecule has 0 radical (unpaired) electrons. The van der Waals surface area contributed by atoms with Gasteiger partial charge in [-0.2, -0.15) is 0 Å². The van der Waals surface area contributed by atoms with Gasteiger partial charge in [-0.1, -0.05) is 34.1 Å². The van der Waals surface area contributed by atoms with E-state index in [1.165, 1.54) is 0 Å². The Labute approximate surface area is 124 Å². The molecule has 1 rings (SSSR count). The number of rotatable bonds is 9. The van der Waals surface area contributed by atoms with Crippen molar-refractivity contribution in [2.75, 3.05) is 26.2 Å². The van der Waals surface area contributed by atoms with E-state index in [2.05, 4.69) is 42.8 Å². The fourth-order valence-corrected chi connectivity index (χ4v) is 2.98. The fourth-order valence-electron chi connectivity index (χ4n) is 2.98. The third-order valence-electron chi connectivity index (χ3n) is 4.63. The first-order valence-electron chi connectivity index (χ1n) is 8.33. The van der Waals surface area contributed by atoms with Gasteiger partial charge in [0.15, 0.2) is 0 Å². The predicted molar refractivity (Wildman–Crippen MR) is 84.6 cm³/mol. The van der Waals surface area contributed by atoms with Gasteiger partial charge >= 0.3 is 0 Å². The van der Waals surface area contributed by atoms with Gasteiger partial charge in [-0.3, -0.25) is 10.1 Å². The van der Waals surface area contributed by atoms with Crippen LogP contribution in [0.5, 0.6) is 0 Å². The van der Waals surface area contributed by atoms with Gasteiger partial charge in [0.05, 0.1) is 11.7 Å². The van der Waals surface area contributed by atoms with Crippen molar-refractivity contribution in [1.82, 2.24) is 15.1 Å². The topological polar surface area (TPSA) is 35.6 Å². The number of nitrogens with zero attached hydrogens (tertiary/aromatic N) is 2. The normalized spacial score (nSPS) is 26.8. The third-order valence-corrected chi connectivity index (χ3v) is 4.63. The molecule has 1 amide bonds. The average molecular weight is 283 g/mol. The van der Waals surface area contributed by atoms with Crippen molar-refractivity contribution in [2.24, 2.45) is 0 Å². The molecular weight excluding hydrogens is 250 g/mol. The summed E-state index contributed by atoms with van der Waals surface area (Å²) in [6.07, 6.45) is 4.31. The van der Waals surface area contributed by atoms with E-state index in [1.807, 2.05) is 6.92 Å². The molecule has 0 aromatic rings.